The van der Waals surface area contributed by atoms with Crippen LogP contribution in [0.5, 0.6) is 0 Å². The van der Waals surface area contributed by atoms with Crippen molar-refractivity contribution in [3.63, 3.8) is 0 Å². The molecule has 0 N–H and O–H groups in total. The average molecular weight is 374 g/mol. The number of anilines is 1. The van der Waals surface area contributed by atoms with Gasteiger partial charge in [-0.2, -0.15) is 5.10 Å². The van der Waals surface area contributed by atoms with Crippen LogP contribution < -0.4 is 4.90 Å². The zero-order valence-electron chi connectivity index (χ0n) is 16.0. The van der Waals surface area contributed by atoms with Crippen LogP contribution in [0.25, 0.3) is 0 Å². The summed E-state index contributed by atoms with van der Waals surface area (Å²) < 4.78 is 13.3. The number of aryl methyl sites for hydroxylation is 1. The summed E-state index contributed by atoms with van der Waals surface area (Å²) in [4.78, 5) is 17.1. The van der Waals surface area contributed by atoms with Gasteiger partial charge in [-0.15, -0.1) is 10.2 Å². The smallest absolute Gasteiger partial charge is 0.246 e. The molecule has 2 atom stereocenters. The first-order chi connectivity index (χ1) is 13.0. The van der Waals surface area contributed by atoms with Crippen molar-refractivity contribution in [1.82, 2.24) is 24.9 Å². The van der Waals surface area contributed by atoms with Gasteiger partial charge in [-0.3, -0.25) is 19.3 Å². The molecule has 2 aliphatic heterocycles. The van der Waals surface area contributed by atoms with E-state index in [1.165, 1.54) is 0 Å². The molecule has 2 aromatic heterocycles. The molecule has 4 heterocycles. The molecule has 9 heteroatoms. The number of hydrogen-bond acceptors (Lipinski definition) is 7. The number of hydrogen-bond donors (Lipinski definition) is 0. The Hall–Kier alpha value is -2.26. The van der Waals surface area contributed by atoms with Crippen LogP contribution in [0, 0.1) is 0 Å². The fourth-order valence-electron chi connectivity index (χ4n) is 3.68. The zero-order valence-corrected chi connectivity index (χ0v) is 16.0. The Labute approximate surface area is 158 Å². The molecule has 2 fully saturated rings. The molecule has 0 spiro atoms. The Balaban J connectivity index is 1.47. The molecular formula is C18H26N6O3. The minimum atomic E-state index is -0.295. The Bertz CT molecular complexity index is 801. The number of carbonyl (C=O) groups is 1. The second-order valence-corrected chi connectivity index (χ2v) is 7.48. The Morgan fingerprint density at radius 3 is 2.81 bits per heavy atom. The van der Waals surface area contributed by atoms with E-state index in [1.807, 2.05) is 33.2 Å². The van der Waals surface area contributed by atoms with Crippen LogP contribution in [-0.4, -0.2) is 63.1 Å². The molecular weight excluding hydrogens is 348 g/mol. The summed E-state index contributed by atoms with van der Waals surface area (Å²) in [6.45, 7) is 6.57. The average Bonchev–Trinajstić information content (AvgIpc) is 3.31. The highest BCUT2D eigenvalue weighted by atomic mass is 16.5. The third-order valence-corrected chi connectivity index (χ3v) is 5.15. The predicted molar refractivity (Wildman–Crippen MR) is 97.2 cm³/mol. The highest BCUT2D eigenvalue weighted by molar-refractivity contribution is 5.97. The van der Waals surface area contributed by atoms with E-state index in [2.05, 4.69) is 20.2 Å². The van der Waals surface area contributed by atoms with Gasteiger partial charge in [0.2, 0.25) is 17.7 Å². The topological polar surface area (TPSA) is 89.5 Å². The lowest BCUT2D eigenvalue weighted by Gasteiger charge is -2.40. The van der Waals surface area contributed by atoms with Gasteiger partial charge in [-0.1, -0.05) is 13.8 Å². The van der Waals surface area contributed by atoms with Gasteiger partial charge in [0.25, 0.3) is 0 Å². The molecule has 9 nitrogen and oxygen atoms in total. The lowest BCUT2D eigenvalue weighted by molar-refractivity contribution is -0.130. The molecule has 0 bridgehead atoms. The Morgan fingerprint density at radius 2 is 2.11 bits per heavy atom. The van der Waals surface area contributed by atoms with Crippen molar-refractivity contribution in [2.75, 3.05) is 31.1 Å². The van der Waals surface area contributed by atoms with Gasteiger partial charge >= 0.3 is 0 Å². The van der Waals surface area contributed by atoms with E-state index in [-0.39, 0.29) is 24.0 Å². The fourth-order valence-corrected chi connectivity index (χ4v) is 3.68. The quantitative estimate of drug-likeness (QED) is 0.801. The minimum absolute atomic E-state index is 0.106. The van der Waals surface area contributed by atoms with Gasteiger partial charge < -0.3 is 9.15 Å². The molecule has 4 rings (SSSR count). The summed E-state index contributed by atoms with van der Waals surface area (Å²) >= 11 is 0. The molecule has 0 aliphatic carbocycles. The number of carbonyl (C=O) groups excluding carboxylic acids is 1. The van der Waals surface area contributed by atoms with Crippen LogP contribution in [0.15, 0.2) is 16.7 Å². The molecule has 1 amide bonds. The van der Waals surface area contributed by atoms with E-state index in [9.17, 15) is 4.79 Å². The first-order valence-electron chi connectivity index (χ1n) is 9.53. The van der Waals surface area contributed by atoms with E-state index in [1.54, 1.807) is 9.58 Å². The van der Waals surface area contributed by atoms with Crippen molar-refractivity contribution < 1.29 is 13.9 Å². The molecule has 2 aliphatic rings. The third-order valence-electron chi connectivity index (χ3n) is 5.15. The number of piperidine rings is 1. The zero-order chi connectivity index (χ0) is 19.0. The number of nitrogens with zero attached hydrogens (tertiary/aromatic N) is 6. The van der Waals surface area contributed by atoms with Crippen molar-refractivity contribution in [3.05, 3.63) is 24.0 Å². The monoisotopic (exact) mass is 374 g/mol. The maximum Gasteiger partial charge on any atom is 0.246 e. The van der Waals surface area contributed by atoms with Gasteiger partial charge in [0.05, 0.1) is 12.6 Å². The van der Waals surface area contributed by atoms with Crippen LogP contribution in [0.2, 0.25) is 0 Å². The largest absolute Gasteiger partial charge is 0.422 e. The van der Waals surface area contributed by atoms with Gasteiger partial charge in [-0.05, 0) is 12.8 Å². The van der Waals surface area contributed by atoms with Crippen LogP contribution in [-0.2, 0) is 16.6 Å². The second kappa shape index (κ2) is 7.40. The summed E-state index contributed by atoms with van der Waals surface area (Å²) in [5, 5.41) is 12.6. The van der Waals surface area contributed by atoms with Crippen molar-refractivity contribution in [2.45, 2.75) is 44.8 Å². The lowest BCUT2D eigenvalue weighted by Crippen LogP contribution is -2.55. The van der Waals surface area contributed by atoms with Gasteiger partial charge in [0, 0.05) is 44.9 Å². The van der Waals surface area contributed by atoms with E-state index in [4.69, 9.17) is 9.15 Å². The molecule has 146 valence electrons. The van der Waals surface area contributed by atoms with Crippen LogP contribution in [0.1, 0.15) is 50.5 Å². The van der Waals surface area contributed by atoms with E-state index >= 15 is 0 Å². The van der Waals surface area contributed by atoms with Gasteiger partial charge in [0.15, 0.2) is 5.82 Å². The van der Waals surface area contributed by atoms with Gasteiger partial charge in [-0.25, -0.2) is 0 Å². The number of aromatic nitrogens is 4. The van der Waals surface area contributed by atoms with Crippen LogP contribution in [0.4, 0.5) is 5.82 Å². The first-order valence-corrected chi connectivity index (χ1v) is 9.53. The van der Waals surface area contributed by atoms with E-state index in [0.29, 0.717) is 38.0 Å². The number of rotatable bonds is 4. The van der Waals surface area contributed by atoms with E-state index in [0.717, 1.165) is 18.7 Å². The summed E-state index contributed by atoms with van der Waals surface area (Å²) in [6.07, 6.45) is 3.36. The first kappa shape index (κ1) is 18.1. The summed E-state index contributed by atoms with van der Waals surface area (Å²) in [5.74, 6) is 2.11. The van der Waals surface area contributed by atoms with Crippen LogP contribution >= 0.6 is 0 Å². The highest BCUT2D eigenvalue weighted by Crippen LogP contribution is 2.28. The third kappa shape index (κ3) is 3.61. The summed E-state index contributed by atoms with van der Waals surface area (Å²) in [7, 11) is 1.86. The maximum absolute atomic E-state index is 13.1. The Morgan fingerprint density at radius 1 is 1.26 bits per heavy atom. The number of morpholine rings is 1. The second-order valence-electron chi connectivity index (χ2n) is 7.48. The van der Waals surface area contributed by atoms with Crippen molar-refractivity contribution in [1.29, 1.82) is 0 Å². The summed E-state index contributed by atoms with van der Waals surface area (Å²) in [6, 6.07) is 1.72. The molecule has 2 saturated heterocycles. The predicted octanol–water partition coefficient (Wildman–Crippen LogP) is 1.50. The van der Waals surface area contributed by atoms with Crippen molar-refractivity contribution >= 4 is 11.7 Å². The molecule has 0 radical (unpaired) electrons. The number of ether oxygens (including phenoxy) is 1. The molecule has 2 unspecified atom stereocenters. The van der Waals surface area contributed by atoms with Crippen LogP contribution in [0.3, 0.4) is 0 Å². The molecule has 27 heavy (non-hydrogen) atoms. The van der Waals surface area contributed by atoms with Crippen molar-refractivity contribution in [3.8, 4) is 0 Å². The van der Waals surface area contributed by atoms with Crippen molar-refractivity contribution in [2.24, 2.45) is 7.05 Å². The summed E-state index contributed by atoms with van der Waals surface area (Å²) in [5.41, 5.74) is 0. The number of amides is 1. The minimum Gasteiger partial charge on any atom is -0.422 e. The fraction of sp³-hybridized carbons (Fsp3) is 0.667. The molecule has 0 aromatic carbocycles. The standard InChI is InChI=1S/C18H26N6O3/c1-12(2)16-19-20-17(27-16)14-11-23(9-10-26-14)13-5-4-7-24(18(13)25)15-6-8-22(3)21-15/h6,8,12-14H,4-5,7,9-11H2,1-3H3. The maximum atomic E-state index is 13.1. The molecule has 2 aromatic rings. The highest BCUT2D eigenvalue weighted by Gasteiger charge is 2.38. The SMILES string of the molecule is CC(C)c1nnc(C2CN(C3CCCN(c4ccn(C)n4)C3=O)CCO2)o1. The lowest BCUT2D eigenvalue weighted by atomic mass is 10.0. The molecule has 0 saturated carbocycles. The normalized spacial score (nSPS) is 24.7. The van der Waals surface area contributed by atoms with E-state index < -0.39 is 0 Å². The van der Waals surface area contributed by atoms with Gasteiger partial charge in [0.1, 0.15) is 6.10 Å². The Kier molecular flexibility index (Phi) is 4.96.